The monoisotopic (exact) mass is 281 g/mol. The van der Waals surface area contributed by atoms with Crippen molar-refractivity contribution in [2.45, 2.75) is 39.0 Å². The molecule has 102 valence electrons. The fourth-order valence-electron chi connectivity index (χ4n) is 1.81. The Hall–Kier alpha value is -0.810. The van der Waals surface area contributed by atoms with E-state index in [2.05, 4.69) is 4.98 Å². The lowest BCUT2D eigenvalue weighted by Crippen LogP contribution is -2.14. The van der Waals surface area contributed by atoms with E-state index in [1.807, 2.05) is 13.8 Å². The van der Waals surface area contributed by atoms with Crippen LogP contribution in [0.4, 0.5) is 13.2 Å². The molecule has 1 atom stereocenters. The summed E-state index contributed by atoms with van der Waals surface area (Å²) >= 11 is 5.72. The number of aromatic nitrogens is 1. The molecule has 0 saturated heterocycles. The third-order valence-electron chi connectivity index (χ3n) is 2.98. The standard InChI is InChI=1S/C12H15ClF3NO/c1-3-7(4-2)10(18)8-5-6-9(12(14,15)16)17-11(8)13/h5-7,10,18H,3-4H2,1-2H3. The number of hydrogen-bond donors (Lipinski definition) is 1. The third kappa shape index (κ3) is 3.36. The minimum atomic E-state index is -4.53. The van der Waals surface area contributed by atoms with Crippen LogP contribution in [0.2, 0.25) is 5.15 Å². The Kier molecular flexibility index (Phi) is 4.99. The summed E-state index contributed by atoms with van der Waals surface area (Å²) in [5, 5.41) is 9.76. The van der Waals surface area contributed by atoms with Gasteiger partial charge in [0, 0.05) is 5.56 Å². The van der Waals surface area contributed by atoms with Crippen molar-refractivity contribution in [2.75, 3.05) is 0 Å². The Morgan fingerprint density at radius 1 is 1.28 bits per heavy atom. The van der Waals surface area contributed by atoms with Crippen molar-refractivity contribution in [2.24, 2.45) is 5.92 Å². The van der Waals surface area contributed by atoms with Crippen molar-refractivity contribution in [3.63, 3.8) is 0 Å². The molecular formula is C12H15ClF3NO. The van der Waals surface area contributed by atoms with Gasteiger partial charge in [0.1, 0.15) is 10.8 Å². The number of aliphatic hydroxyl groups excluding tert-OH is 1. The minimum absolute atomic E-state index is 0.0407. The minimum Gasteiger partial charge on any atom is -0.388 e. The fraction of sp³-hybridized carbons (Fsp3) is 0.583. The molecule has 18 heavy (non-hydrogen) atoms. The molecule has 0 fully saturated rings. The molecule has 0 aliphatic carbocycles. The predicted octanol–water partition coefficient (Wildman–Crippen LogP) is 4.22. The molecule has 1 rings (SSSR count). The van der Waals surface area contributed by atoms with Gasteiger partial charge in [0.05, 0.1) is 6.10 Å². The molecule has 1 aromatic heterocycles. The predicted molar refractivity (Wildman–Crippen MR) is 63.3 cm³/mol. The second-order valence-electron chi connectivity index (χ2n) is 4.10. The molecule has 1 aromatic rings. The molecule has 6 heteroatoms. The molecule has 2 nitrogen and oxygen atoms in total. The molecule has 0 aromatic carbocycles. The third-order valence-corrected chi connectivity index (χ3v) is 3.28. The number of pyridine rings is 1. The summed E-state index contributed by atoms with van der Waals surface area (Å²) in [6.45, 7) is 3.81. The smallest absolute Gasteiger partial charge is 0.388 e. The lowest BCUT2D eigenvalue weighted by atomic mass is 9.92. The van der Waals surface area contributed by atoms with Crippen molar-refractivity contribution in [1.82, 2.24) is 4.98 Å². The van der Waals surface area contributed by atoms with Crippen LogP contribution in [-0.2, 0) is 6.18 Å². The highest BCUT2D eigenvalue weighted by Gasteiger charge is 2.33. The Morgan fingerprint density at radius 3 is 2.22 bits per heavy atom. The summed E-state index contributed by atoms with van der Waals surface area (Å²) in [5.74, 6) is -0.0407. The Balaban J connectivity index is 3.06. The summed E-state index contributed by atoms with van der Waals surface area (Å²) in [4.78, 5) is 3.30. The molecule has 0 radical (unpaired) electrons. The van der Waals surface area contributed by atoms with Gasteiger partial charge in [0.2, 0.25) is 0 Å². The lowest BCUT2D eigenvalue weighted by molar-refractivity contribution is -0.141. The first-order valence-corrected chi connectivity index (χ1v) is 6.10. The number of halogens is 4. The van der Waals surface area contributed by atoms with Gasteiger partial charge >= 0.3 is 6.18 Å². The average molecular weight is 282 g/mol. The van der Waals surface area contributed by atoms with E-state index in [1.165, 1.54) is 6.07 Å². The van der Waals surface area contributed by atoms with E-state index in [1.54, 1.807) is 0 Å². The maximum atomic E-state index is 12.4. The SMILES string of the molecule is CCC(CC)C(O)c1ccc(C(F)(F)F)nc1Cl. The zero-order valence-electron chi connectivity index (χ0n) is 10.1. The summed E-state index contributed by atoms with van der Waals surface area (Å²) in [5.41, 5.74) is -0.800. The van der Waals surface area contributed by atoms with Crippen molar-refractivity contribution >= 4 is 11.6 Å². The first-order valence-electron chi connectivity index (χ1n) is 5.72. The van der Waals surface area contributed by atoms with Crippen LogP contribution in [0.15, 0.2) is 12.1 Å². The van der Waals surface area contributed by atoms with Gasteiger partial charge in [0.15, 0.2) is 0 Å². The van der Waals surface area contributed by atoms with Gasteiger partial charge in [-0.2, -0.15) is 13.2 Å². The van der Waals surface area contributed by atoms with Crippen LogP contribution in [0.5, 0.6) is 0 Å². The van der Waals surface area contributed by atoms with Crippen LogP contribution in [0, 0.1) is 5.92 Å². The molecule has 0 aliphatic heterocycles. The molecule has 0 aliphatic rings. The van der Waals surface area contributed by atoms with E-state index < -0.39 is 18.0 Å². The normalized spacial score (nSPS) is 14.0. The Labute approximate surface area is 109 Å². The molecule has 0 spiro atoms. The Morgan fingerprint density at radius 2 is 1.83 bits per heavy atom. The average Bonchev–Trinajstić information content (AvgIpc) is 2.29. The van der Waals surface area contributed by atoms with Gasteiger partial charge in [-0.1, -0.05) is 44.4 Å². The summed E-state index contributed by atoms with van der Waals surface area (Å²) in [6, 6.07) is 2.04. The lowest BCUT2D eigenvalue weighted by Gasteiger charge is -2.21. The molecular weight excluding hydrogens is 267 g/mol. The van der Waals surface area contributed by atoms with Crippen molar-refractivity contribution in [1.29, 1.82) is 0 Å². The number of alkyl halides is 3. The highest BCUT2D eigenvalue weighted by atomic mass is 35.5. The zero-order valence-corrected chi connectivity index (χ0v) is 10.9. The van der Waals surface area contributed by atoms with E-state index in [0.29, 0.717) is 0 Å². The van der Waals surface area contributed by atoms with Gasteiger partial charge < -0.3 is 5.11 Å². The van der Waals surface area contributed by atoms with Gasteiger partial charge in [-0.15, -0.1) is 0 Å². The highest BCUT2D eigenvalue weighted by molar-refractivity contribution is 6.30. The summed E-state index contributed by atoms with van der Waals surface area (Å²) < 4.78 is 37.2. The quantitative estimate of drug-likeness (QED) is 0.838. The maximum Gasteiger partial charge on any atom is 0.433 e. The molecule has 0 saturated carbocycles. The second-order valence-corrected chi connectivity index (χ2v) is 4.45. The van der Waals surface area contributed by atoms with Crippen LogP contribution in [-0.4, -0.2) is 10.1 Å². The maximum absolute atomic E-state index is 12.4. The van der Waals surface area contributed by atoms with E-state index >= 15 is 0 Å². The first kappa shape index (κ1) is 15.2. The van der Waals surface area contributed by atoms with Crippen LogP contribution in [0.1, 0.15) is 44.1 Å². The molecule has 0 bridgehead atoms. The van der Waals surface area contributed by atoms with Crippen molar-refractivity contribution in [3.8, 4) is 0 Å². The van der Waals surface area contributed by atoms with Crippen LogP contribution < -0.4 is 0 Å². The molecule has 1 N–H and O–H groups in total. The van der Waals surface area contributed by atoms with Gasteiger partial charge in [-0.05, 0) is 12.0 Å². The number of nitrogens with zero attached hydrogens (tertiary/aromatic N) is 1. The molecule has 1 heterocycles. The van der Waals surface area contributed by atoms with Crippen molar-refractivity contribution < 1.29 is 18.3 Å². The largest absolute Gasteiger partial charge is 0.433 e. The van der Waals surface area contributed by atoms with Crippen molar-refractivity contribution in [3.05, 3.63) is 28.5 Å². The zero-order chi connectivity index (χ0) is 13.9. The van der Waals surface area contributed by atoms with E-state index in [-0.39, 0.29) is 16.6 Å². The molecule has 0 amide bonds. The molecule has 1 unspecified atom stereocenters. The van der Waals surface area contributed by atoms with E-state index in [9.17, 15) is 18.3 Å². The number of rotatable bonds is 4. The fourth-order valence-corrected chi connectivity index (χ4v) is 2.08. The topological polar surface area (TPSA) is 33.1 Å². The Bertz CT molecular complexity index is 405. The number of hydrogen-bond acceptors (Lipinski definition) is 2. The van der Waals surface area contributed by atoms with Crippen LogP contribution >= 0.6 is 11.6 Å². The van der Waals surface area contributed by atoms with Gasteiger partial charge in [-0.3, -0.25) is 0 Å². The second kappa shape index (κ2) is 5.89. The summed E-state index contributed by atoms with van der Waals surface area (Å²) in [7, 11) is 0. The van der Waals surface area contributed by atoms with Gasteiger partial charge in [-0.25, -0.2) is 4.98 Å². The van der Waals surface area contributed by atoms with Crippen LogP contribution in [0.3, 0.4) is 0 Å². The number of aliphatic hydroxyl groups is 1. The first-order chi connectivity index (χ1) is 8.31. The highest BCUT2D eigenvalue weighted by Crippen LogP contribution is 2.34. The van der Waals surface area contributed by atoms with E-state index in [4.69, 9.17) is 11.6 Å². The van der Waals surface area contributed by atoms with Gasteiger partial charge in [0.25, 0.3) is 0 Å². The van der Waals surface area contributed by atoms with E-state index in [0.717, 1.165) is 18.9 Å². The van der Waals surface area contributed by atoms with Crippen LogP contribution in [0.25, 0.3) is 0 Å². The summed E-state index contributed by atoms with van der Waals surface area (Å²) in [6.07, 6.45) is -3.98.